The van der Waals surface area contributed by atoms with Crippen LogP contribution in [0.15, 0.2) is 5.38 Å². The van der Waals surface area contributed by atoms with E-state index in [1.54, 1.807) is 11.3 Å². The van der Waals surface area contributed by atoms with Crippen molar-refractivity contribution in [2.24, 2.45) is 0 Å². The average Bonchev–Trinajstić information content (AvgIpc) is 2.95. The maximum atomic E-state index is 5.76. The molecule has 0 saturated heterocycles. The first-order valence-electron chi connectivity index (χ1n) is 8.78. The first-order valence-corrected chi connectivity index (χ1v) is 9.66. The molecule has 2 aliphatic carbocycles. The zero-order valence-corrected chi connectivity index (χ0v) is 13.9. The second-order valence-corrected chi connectivity index (χ2v) is 7.64. The molecule has 4 heteroatoms. The summed E-state index contributed by atoms with van der Waals surface area (Å²) in [6.07, 6.45) is 15.3. The molecule has 1 heterocycles. The summed E-state index contributed by atoms with van der Waals surface area (Å²) in [6.45, 7) is 1.18. The van der Waals surface area contributed by atoms with E-state index in [0.29, 0.717) is 5.13 Å². The normalized spacial score (nSPS) is 22.0. The fourth-order valence-corrected chi connectivity index (χ4v) is 4.77. The summed E-state index contributed by atoms with van der Waals surface area (Å²) in [6, 6.07) is 1.66. The Kier molecular flexibility index (Phi) is 5.53. The number of hydrogen-bond donors (Lipinski definition) is 1. The molecule has 3 rings (SSSR count). The van der Waals surface area contributed by atoms with E-state index >= 15 is 0 Å². The summed E-state index contributed by atoms with van der Waals surface area (Å²) in [4.78, 5) is 7.30. The lowest BCUT2D eigenvalue weighted by Crippen LogP contribution is -2.46. The van der Waals surface area contributed by atoms with Gasteiger partial charge in [0.15, 0.2) is 5.13 Å². The van der Waals surface area contributed by atoms with Crippen molar-refractivity contribution in [1.29, 1.82) is 0 Å². The van der Waals surface area contributed by atoms with Crippen LogP contribution in [0, 0.1) is 0 Å². The molecule has 0 aliphatic heterocycles. The third-order valence-corrected chi connectivity index (χ3v) is 6.01. The number of thiazole rings is 1. The van der Waals surface area contributed by atoms with Gasteiger partial charge in [0.25, 0.3) is 0 Å². The van der Waals surface area contributed by atoms with Crippen LogP contribution >= 0.6 is 11.3 Å². The third kappa shape index (κ3) is 4.19. The molecule has 0 bridgehead atoms. The van der Waals surface area contributed by atoms with E-state index in [9.17, 15) is 0 Å². The highest BCUT2D eigenvalue weighted by Gasteiger charge is 2.28. The fourth-order valence-electron chi connectivity index (χ4n) is 4.17. The molecule has 0 unspecified atom stereocenters. The molecular weight excluding hydrogens is 278 g/mol. The lowest BCUT2D eigenvalue weighted by Gasteiger charge is -2.41. The first-order chi connectivity index (χ1) is 10.3. The van der Waals surface area contributed by atoms with E-state index in [0.717, 1.165) is 18.5 Å². The summed E-state index contributed by atoms with van der Waals surface area (Å²) in [7, 11) is 0. The van der Waals surface area contributed by atoms with Crippen LogP contribution in [-0.2, 0) is 6.42 Å². The van der Waals surface area contributed by atoms with Crippen LogP contribution in [0.5, 0.6) is 0 Å². The van der Waals surface area contributed by atoms with E-state index < -0.39 is 0 Å². The van der Waals surface area contributed by atoms with Gasteiger partial charge in [-0.25, -0.2) is 4.98 Å². The van der Waals surface area contributed by atoms with Crippen molar-refractivity contribution in [2.75, 3.05) is 12.3 Å². The number of aromatic nitrogens is 1. The molecule has 2 fully saturated rings. The molecule has 2 N–H and O–H groups in total. The Morgan fingerprint density at radius 3 is 2.05 bits per heavy atom. The molecule has 0 aromatic carbocycles. The minimum absolute atomic E-state index is 0.715. The molecular formula is C17H29N3S. The smallest absolute Gasteiger partial charge is 0.180 e. The number of anilines is 1. The maximum absolute atomic E-state index is 5.76. The van der Waals surface area contributed by atoms with Gasteiger partial charge in [-0.15, -0.1) is 11.3 Å². The van der Waals surface area contributed by atoms with Crippen LogP contribution < -0.4 is 5.73 Å². The van der Waals surface area contributed by atoms with Gasteiger partial charge < -0.3 is 5.73 Å². The van der Waals surface area contributed by atoms with Crippen molar-refractivity contribution >= 4 is 16.5 Å². The topological polar surface area (TPSA) is 42.1 Å². The Balaban J connectivity index is 1.62. The number of nitrogen functional groups attached to an aromatic ring is 1. The highest BCUT2D eigenvalue weighted by atomic mass is 32.1. The number of nitrogens with two attached hydrogens (primary N) is 1. The highest BCUT2D eigenvalue weighted by Crippen LogP contribution is 2.30. The van der Waals surface area contributed by atoms with Crippen LogP contribution in [0.3, 0.4) is 0 Å². The predicted molar refractivity (Wildman–Crippen MR) is 90.7 cm³/mol. The third-order valence-electron chi connectivity index (χ3n) is 5.28. The summed E-state index contributed by atoms with van der Waals surface area (Å²) < 4.78 is 0. The maximum Gasteiger partial charge on any atom is 0.180 e. The van der Waals surface area contributed by atoms with Crippen LogP contribution in [0.25, 0.3) is 0 Å². The van der Waals surface area contributed by atoms with Gasteiger partial charge in [0, 0.05) is 30.4 Å². The second-order valence-electron chi connectivity index (χ2n) is 6.75. The van der Waals surface area contributed by atoms with Crippen molar-refractivity contribution in [2.45, 2.75) is 82.7 Å². The van der Waals surface area contributed by atoms with Gasteiger partial charge in [-0.1, -0.05) is 38.5 Å². The lowest BCUT2D eigenvalue weighted by atomic mass is 9.88. The van der Waals surface area contributed by atoms with Gasteiger partial charge in [-0.2, -0.15) is 0 Å². The Labute approximate surface area is 132 Å². The van der Waals surface area contributed by atoms with Gasteiger partial charge in [0.1, 0.15) is 0 Å². The highest BCUT2D eigenvalue weighted by molar-refractivity contribution is 7.13. The van der Waals surface area contributed by atoms with Crippen LogP contribution in [0.4, 0.5) is 5.13 Å². The molecule has 1 aromatic rings. The monoisotopic (exact) mass is 307 g/mol. The largest absolute Gasteiger partial charge is 0.375 e. The molecule has 2 saturated carbocycles. The molecule has 0 amide bonds. The Bertz CT molecular complexity index is 401. The van der Waals surface area contributed by atoms with Crippen molar-refractivity contribution < 1.29 is 0 Å². The van der Waals surface area contributed by atoms with E-state index in [-0.39, 0.29) is 0 Å². The Morgan fingerprint density at radius 1 is 1.00 bits per heavy atom. The first kappa shape index (κ1) is 15.3. The number of nitrogens with zero attached hydrogens (tertiary/aromatic N) is 2. The molecule has 0 radical (unpaired) electrons. The average molecular weight is 308 g/mol. The minimum Gasteiger partial charge on any atom is -0.375 e. The Morgan fingerprint density at radius 2 is 1.57 bits per heavy atom. The standard InChI is InChI=1S/C17H29N3S/c18-17-19-14(13-21-17)11-12-20(15-7-3-1-4-8-15)16-9-5-2-6-10-16/h13,15-16H,1-12H2,(H2,18,19). The molecule has 2 aliphatic rings. The van der Waals surface area contributed by atoms with Gasteiger partial charge in [0.2, 0.25) is 0 Å². The summed E-state index contributed by atoms with van der Waals surface area (Å²) in [5, 5.41) is 2.85. The SMILES string of the molecule is Nc1nc(CCN(C2CCCCC2)C2CCCCC2)cs1. The van der Waals surface area contributed by atoms with Crippen LogP contribution in [0.2, 0.25) is 0 Å². The fraction of sp³-hybridized carbons (Fsp3) is 0.824. The molecule has 0 spiro atoms. The van der Waals surface area contributed by atoms with E-state index in [1.165, 1.54) is 76.4 Å². The summed E-state index contributed by atoms with van der Waals surface area (Å²) in [5.41, 5.74) is 6.95. The number of hydrogen-bond acceptors (Lipinski definition) is 4. The predicted octanol–water partition coefficient (Wildman–Crippen LogP) is 4.24. The Hall–Kier alpha value is -0.610. The number of rotatable bonds is 5. The molecule has 3 nitrogen and oxygen atoms in total. The molecule has 118 valence electrons. The summed E-state index contributed by atoms with van der Waals surface area (Å²) in [5.74, 6) is 0. The van der Waals surface area contributed by atoms with Crippen molar-refractivity contribution in [1.82, 2.24) is 9.88 Å². The van der Waals surface area contributed by atoms with Gasteiger partial charge in [-0.05, 0) is 25.7 Å². The molecule has 0 atom stereocenters. The van der Waals surface area contributed by atoms with Gasteiger partial charge in [-0.3, -0.25) is 4.90 Å². The summed E-state index contributed by atoms with van der Waals surface area (Å²) >= 11 is 1.58. The zero-order chi connectivity index (χ0) is 14.5. The van der Waals surface area contributed by atoms with E-state index in [2.05, 4.69) is 15.3 Å². The van der Waals surface area contributed by atoms with Gasteiger partial charge >= 0.3 is 0 Å². The molecule has 1 aromatic heterocycles. The van der Waals surface area contributed by atoms with Crippen molar-refractivity contribution in [3.8, 4) is 0 Å². The quantitative estimate of drug-likeness (QED) is 0.885. The molecule has 21 heavy (non-hydrogen) atoms. The van der Waals surface area contributed by atoms with Crippen LogP contribution in [0.1, 0.15) is 69.9 Å². The van der Waals surface area contributed by atoms with Crippen LogP contribution in [-0.4, -0.2) is 28.5 Å². The van der Waals surface area contributed by atoms with E-state index in [1.807, 2.05) is 0 Å². The second kappa shape index (κ2) is 7.59. The zero-order valence-electron chi connectivity index (χ0n) is 13.1. The van der Waals surface area contributed by atoms with Crippen molar-refractivity contribution in [3.63, 3.8) is 0 Å². The lowest BCUT2D eigenvalue weighted by molar-refractivity contribution is 0.0819. The van der Waals surface area contributed by atoms with E-state index in [4.69, 9.17) is 5.73 Å². The minimum atomic E-state index is 0.715. The van der Waals surface area contributed by atoms with Gasteiger partial charge in [0.05, 0.1) is 5.69 Å². The van der Waals surface area contributed by atoms with Crippen molar-refractivity contribution in [3.05, 3.63) is 11.1 Å².